The Hall–Kier alpha value is -2.88. The molecule has 1 unspecified atom stereocenters. The third kappa shape index (κ3) is 6.53. The number of carbonyl (C=O) groups is 1. The van der Waals surface area contributed by atoms with Crippen LogP contribution in [-0.4, -0.2) is 53.3 Å². The van der Waals surface area contributed by atoms with E-state index in [1.54, 1.807) is 19.2 Å². The number of hydrogen-bond acceptors (Lipinski definition) is 4. The first-order valence-corrected chi connectivity index (χ1v) is 15.2. The topological polar surface area (TPSA) is 80.7 Å². The fourth-order valence-electron chi connectivity index (χ4n) is 5.93. The number of aromatic nitrogens is 1. The molecule has 2 atom stereocenters. The van der Waals surface area contributed by atoms with Crippen LogP contribution >= 0.6 is 22.6 Å². The van der Waals surface area contributed by atoms with Gasteiger partial charge in [-0.3, -0.25) is 4.79 Å². The summed E-state index contributed by atoms with van der Waals surface area (Å²) >= 11 is 2.50. The second-order valence-electron chi connectivity index (χ2n) is 10.8. The molecule has 1 saturated heterocycles. The summed E-state index contributed by atoms with van der Waals surface area (Å²) < 4.78 is 9.10. The second-order valence-corrected chi connectivity index (χ2v) is 11.9. The van der Waals surface area contributed by atoms with Crippen LogP contribution in [0.5, 0.6) is 5.75 Å². The van der Waals surface area contributed by atoms with E-state index in [9.17, 15) is 9.90 Å². The molecule has 3 N–H and O–H groups in total. The molecule has 1 fully saturated rings. The van der Waals surface area contributed by atoms with Crippen molar-refractivity contribution in [3.05, 3.63) is 87.6 Å². The van der Waals surface area contributed by atoms with E-state index in [-0.39, 0.29) is 17.7 Å². The highest BCUT2D eigenvalue weighted by molar-refractivity contribution is 14.1. The molecule has 0 bridgehead atoms. The number of likely N-dealkylation sites (tertiary alicyclic amines) is 1. The third-order valence-corrected chi connectivity index (χ3v) is 9.06. The van der Waals surface area contributed by atoms with Gasteiger partial charge in [-0.15, -0.1) is 0 Å². The number of carbonyl (C=O) groups excluding carboxylic acids is 1. The lowest BCUT2D eigenvalue weighted by atomic mass is 9.93. The molecule has 0 spiro atoms. The van der Waals surface area contributed by atoms with Crippen LogP contribution in [0.3, 0.4) is 0 Å². The average Bonchev–Trinajstić information content (AvgIpc) is 3.25. The minimum atomic E-state index is -0.229. The predicted octanol–water partition coefficient (Wildman–Crippen LogP) is 6.32. The van der Waals surface area contributed by atoms with E-state index in [0.717, 1.165) is 62.2 Å². The first kappa shape index (κ1) is 28.6. The number of benzene rings is 3. The molecule has 1 amide bonds. The number of phenols is 1. The second kappa shape index (κ2) is 13.2. The molecule has 0 radical (unpaired) electrons. The average molecular weight is 652 g/mol. The van der Waals surface area contributed by atoms with Crippen molar-refractivity contribution in [2.75, 3.05) is 26.8 Å². The number of rotatable bonds is 10. The number of nitrogens with zero attached hydrogens (tertiary/aromatic N) is 2. The fourth-order valence-corrected chi connectivity index (χ4v) is 7.12. The van der Waals surface area contributed by atoms with E-state index in [1.165, 1.54) is 20.2 Å². The molecule has 7 heteroatoms. The fraction of sp³-hybridized carbons (Fsp3) is 0.364. The summed E-state index contributed by atoms with van der Waals surface area (Å²) in [5.41, 5.74) is 12.4. The predicted molar refractivity (Wildman–Crippen MR) is 170 cm³/mol. The molecule has 4 aromatic rings. The van der Waals surface area contributed by atoms with E-state index in [0.29, 0.717) is 18.8 Å². The van der Waals surface area contributed by atoms with E-state index in [2.05, 4.69) is 75.7 Å². The molecule has 6 nitrogen and oxygen atoms in total. The van der Waals surface area contributed by atoms with Crippen LogP contribution in [0.1, 0.15) is 42.9 Å². The van der Waals surface area contributed by atoms with Crippen LogP contribution in [0.2, 0.25) is 0 Å². The number of hydrogen-bond donors (Lipinski definition) is 2. The number of aryl methyl sites for hydroxylation is 1. The van der Waals surface area contributed by atoms with Crippen molar-refractivity contribution in [1.82, 2.24) is 9.47 Å². The number of fused-ring (bicyclic) bond motifs is 1. The number of para-hydroxylation sites is 1. The smallest absolute Gasteiger partial charge is 0.224 e. The largest absolute Gasteiger partial charge is 0.508 e. The number of methoxy groups -OCH3 is 1. The third-order valence-electron chi connectivity index (χ3n) is 7.93. The van der Waals surface area contributed by atoms with Gasteiger partial charge in [-0.05, 0) is 83.2 Å². The maximum Gasteiger partial charge on any atom is 0.224 e. The number of amides is 1. The maximum atomic E-state index is 13.4. The van der Waals surface area contributed by atoms with Crippen LogP contribution < -0.4 is 5.73 Å². The molecular formula is C33H38IN3O3. The van der Waals surface area contributed by atoms with Gasteiger partial charge in [-0.2, -0.15) is 0 Å². The van der Waals surface area contributed by atoms with Crippen LogP contribution in [0, 0.1) is 3.57 Å². The van der Waals surface area contributed by atoms with Gasteiger partial charge >= 0.3 is 0 Å². The summed E-state index contributed by atoms with van der Waals surface area (Å²) in [5, 5.41) is 10.8. The van der Waals surface area contributed by atoms with Gasteiger partial charge in [-0.25, -0.2) is 0 Å². The molecule has 40 heavy (non-hydrogen) atoms. The highest BCUT2D eigenvalue weighted by Gasteiger charge is 2.30. The number of ether oxygens (including phenoxy) is 1. The van der Waals surface area contributed by atoms with Crippen molar-refractivity contribution in [1.29, 1.82) is 0 Å². The Kier molecular flexibility index (Phi) is 9.44. The van der Waals surface area contributed by atoms with Crippen molar-refractivity contribution in [2.24, 2.45) is 5.73 Å². The van der Waals surface area contributed by atoms with Crippen molar-refractivity contribution in [3.8, 4) is 16.9 Å². The highest BCUT2D eigenvalue weighted by Crippen LogP contribution is 2.37. The zero-order valence-electron chi connectivity index (χ0n) is 23.1. The van der Waals surface area contributed by atoms with E-state index in [1.807, 2.05) is 17.0 Å². The maximum absolute atomic E-state index is 13.4. The molecule has 2 heterocycles. The van der Waals surface area contributed by atoms with Crippen molar-refractivity contribution >= 4 is 39.4 Å². The number of piperidine rings is 1. The van der Waals surface area contributed by atoms with E-state index < -0.39 is 0 Å². The molecule has 0 aliphatic carbocycles. The molecule has 0 saturated carbocycles. The first-order chi connectivity index (χ1) is 19.4. The van der Waals surface area contributed by atoms with Gasteiger partial charge in [0.15, 0.2) is 0 Å². The lowest BCUT2D eigenvalue weighted by Crippen LogP contribution is -2.42. The SMILES string of the molecule is COCCCn1c(C2CCCN(C(=O)C[C@H](N)Cc3ccc(-c4ccc(O)cc4)cc3)C2)c(I)c2ccccc21. The summed E-state index contributed by atoms with van der Waals surface area (Å²) in [6.45, 7) is 3.18. The Balaban J connectivity index is 1.23. The molecule has 1 aromatic heterocycles. The Bertz CT molecular complexity index is 1430. The summed E-state index contributed by atoms with van der Waals surface area (Å²) in [4.78, 5) is 15.4. The standard InChI is InChI=1S/C33H38IN3O3/c1-40-19-5-18-37-30-8-3-2-7-29(30)32(34)33(37)26-6-4-17-36(22-26)31(39)21-27(35)20-23-9-11-24(12-10-23)25-13-15-28(38)16-14-25/h2-3,7-16,26-27,38H,4-6,17-22,35H2,1H3/t26?,27-/m1/s1. The summed E-state index contributed by atoms with van der Waals surface area (Å²) in [7, 11) is 1.75. The van der Waals surface area contributed by atoms with Gasteiger partial charge in [0.1, 0.15) is 5.75 Å². The lowest BCUT2D eigenvalue weighted by Gasteiger charge is -2.34. The Morgan fingerprint density at radius 1 is 1.07 bits per heavy atom. The molecular weight excluding hydrogens is 613 g/mol. The quantitative estimate of drug-likeness (QED) is 0.155. The van der Waals surface area contributed by atoms with Crippen LogP contribution in [0.25, 0.3) is 22.0 Å². The minimum Gasteiger partial charge on any atom is -0.508 e. The normalized spacial score (nSPS) is 16.4. The molecule has 1 aliphatic rings. The summed E-state index contributed by atoms with van der Waals surface area (Å²) in [6, 6.07) is 23.9. The number of nitrogens with two attached hydrogens (primary N) is 1. The van der Waals surface area contributed by atoms with E-state index >= 15 is 0 Å². The Morgan fingerprint density at radius 3 is 2.50 bits per heavy atom. The highest BCUT2D eigenvalue weighted by atomic mass is 127. The van der Waals surface area contributed by atoms with Crippen LogP contribution in [-0.2, 0) is 22.5 Å². The Morgan fingerprint density at radius 2 is 1.77 bits per heavy atom. The monoisotopic (exact) mass is 651 g/mol. The molecule has 5 rings (SSSR count). The number of halogens is 1. The lowest BCUT2D eigenvalue weighted by molar-refractivity contribution is -0.132. The zero-order chi connectivity index (χ0) is 28.1. The van der Waals surface area contributed by atoms with Crippen molar-refractivity contribution in [3.63, 3.8) is 0 Å². The van der Waals surface area contributed by atoms with Crippen molar-refractivity contribution in [2.45, 2.75) is 50.6 Å². The Labute approximate surface area is 250 Å². The molecule has 1 aliphatic heterocycles. The van der Waals surface area contributed by atoms with Gasteiger partial charge in [0.2, 0.25) is 5.91 Å². The van der Waals surface area contributed by atoms with Gasteiger partial charge < -0.3 is 25.0 Å². The first-order valence-electron chi connectivity index (χ1n) is 14.1. The minimum absolute atomic E-state index is 0.148. The summed E-state index contributed by atoms with van der Waals surface area (Å²) in [5.74, 6) is 0.716. The number of phenolic OH excluding ortho intramolecular Hbond substituents is 1. The van der Waals surface area contributed by atoms with Gasteiger partial charge in [-0.1, -0.05) is 54.6 Å². The van der Waals surface area contributed by atoms with Crippen LogP contribution in [0.4, 0.5) is 0 Å². The van der Waals surface area contributed by atoms with Gasteiger partial charge in [0, 0.05) is 71.9 Å². The van der Waals surface area contributed by atoms with Gasteiger partial charge in [0.25, 0.3) is 0 Å². The van der Waals surface area contributed by atoms with Gasteiger partial charge in [0.05, 0.1) is 0 Å². The number of aromatic hydroxyl groups is 1. The van der Waals surface area contributed by atoms with Crippen molar-refractivity contribution < 1.29 is 14.6 Å². The molecule has 3 aromatic carbocycles. The molecule has 210 valence electrons. The van der Waals surface area contributed by atoms with Crippen LogP contribution in [0.15, 0.2) is 72.8 Å². The van der Waals surface area contributed by atoms with E-state index in [4.69, 9.17) is 10.5 Å². The zero-order valence-corrected chi connectivity index (χ0v) is 25.2. The summed E-state index contributed by atoms with van der Waals surface area (Å²) in [6.07, 6.45) is 4.04.